The van der Waals surface area contributed by atoms with Gasteiger partial charge in [-0.15, -0.1) is 11.3 Å². The lowest BCUT2D eigenvalue weighted by Gasteiger charge is -1.96. The van der Waals surface area contributed by atoms with Crippen molar-refractivity contribution in [1.82, 2.24) is 5.32 Å². The molecule has 4 nitrogen and oxygen atoms in total. The van der Waals surface area contributed by atoms with Gasteiger partial charge in [-0.2, -0.15) is 0 Å². The van der Waals surface area contributed by atoms with Crippen LogP contribution in [0.1, 0.15) is 11.8 Å². The van der Waals surface area contributed by atoms with E-state index in [4.69, 9.17) is 4.55 Å². The Kier molecular flexibility index (Phi) is 3.58. The first-order valence-corrected chi connectivity index (χ1v) is 5.46. The van der Waals surface area contributed by atoms with Crippen LogP contribution < -0.4 is 5.32 Å². The van der Waals surface area contributed by atoms with E-state index in [1.54, 1.807) is 12.1 Å². The summed E-state index contributed by atoms with van der Waals surface area (Å²) in [5.74, 6) is -0.111. The highest BCUT2D eigenvalue weighted by atomic mass is 32.2. The van der Waals surface area contributed by atoms with E-state index in [0.717, 1.165) is 4.88 Å². The molecule has 72 valence electrons. The SMILES string of the molecule is CC(=O)NCc1ccc(S(=O)O)s1. The van der Waals surface area contributed by atoms with E-state index in [2.05, 4.69) is 5.32 Å². The molecule has 2 N–H and O–H groups in total. The van der Waals surface area contributed by atoms with Crippen molar-refractivity contribution in [1.29, 1.82) is 0 Å². The van der Waals surface area contributed by atoms with Gasteiger partial charge >= 0.3 is 0 Å². The number of thiophene rings is 1. The molecule has 0 saturated carbocycles. The molecular formula is C7H9NO3S2. The summed E-state index contributed by atoms with van der Waals surface area (Å²) in [7, 11) is 0. The molecule has 0 aliphatic rings. The van der Waals surface area contributed by atoms with Gasteiger partial charge in [0.25, 0.3) is 0 Å². The zero-order chi connectivity index (χ0) is 9.84. The molecule has 0 bridgehead atoms. The monoisotopic (exact) mass is 219 g/mol. The summed E-state index contributed by atoms with van der Waals surface area (Å²) in [4.78, 5) is 11.4. The lowest BCUT2D eigenvalue weighted by molar-refractivity contribution is -0.119. The maximum absolute atomic E-state index is 10.6. The molecular weight excluding hydrogens is 210 g/mol. The van der Waals surface area contributed by atoms with Crippen molar-refractivity contribution in [3.63, 3.8) is 0 Å². The molecule has 1 aromatic heterocycles. The Morgan fingerprint density at radius 3 is 2.85 bits per heavy atom. The minimum Gasteiger partial charge on any atom is -0.351 e. The fourth-order valence-corrected chi connectivity index (χ4v) is 2.22. The zero-order valence-electron chi connectivity index (χ0n) is 6.94. The van der Waals surface area contributed by atoms with Gasteiger partial charge in [-0.1, -0.05) is 0 Å². The molecule has 1 heterocycles. The minimum absolute atomic E-state index is 0.111. The quantitative estimate of drug-likeness (QED) is 0.744. The second-order valence-corrected chi connectivity index (χ2v) is 4.74. The normalized spacial score (nSPS) is 12.5. The summed E-state index contributed by atoms with van der Waals surface area (Å²) in [5, 5.41) is 2.60. The van der Waals surface area contributed by atoms with Crippen LogP contribution >= 0.6 is 11.3 Å². The lowest BCUT2D eigenvalue weighted by Crippen LogP contribution is -2.17. The number of carbonyl (C=O) groups excluding carboxylic acids is 1. The Hall–Kier alpha value is -0.720. The maximum Gasteiger partial charge on any atom is 0.217 e. The number of rotatable bonds is 3. The smallest absolute Gasteiger partial charge is 0.217 e. The van der Waals surface area contributed by atoms with E-state index in [0.29, 0.717) is 10.8 Å². The Morgan fingerprint density at radius 1 is 1.69 bits per heavy atom. The number of hydrogen-bond acceptors (Lipinski definition) is 3. The van der Waals surface area contributed by atoms with Crippen molar-refractivity contribution in [2.75, 3.05) is 0 Å². The summed E-state index contributed by atoms with van der Waals surface area (Å²) in [6.07, 6.45) is 0. The number of carbonyl (C=O) groups is 1. The first-order valence-electron chi connectivity index (χ1n) is 3.53. The standard InChI is InChI=1S/C7H9NO3S2/c1-5(9)8-4-6-2-3-7(12-6)13(10)11/h2-3H,4H2,1H3,(H,8,9)(H,10,11). The lowest BCUT2D eigenvalue weighted by atomic mass is 10.4. The van der Waals surface area contributed by atoms with Crippen molar-refractivity contribution < 1.29 is 13.6 Å². The predicted molar refractivity (Wildman–Crippen MR) is 50.9 cm³/mol. The van der Waals surface area contributed by atoms with Crippen molar-refractivity contribution in [3.05, 3.63) is 17.0 Å². The summed E-state index contributed by atoms with van der Waals surface area (Å²) < 4.78 is 19.7. The second kappa shape index (κ2) is 4.50. The Labute approximate surface area is 82.3 Å². The fraction of sp³-hybridized carbons (Fsp3) is 0.286. The molecule has 1 atom stereocenters. The van der Waals surface area contributed by atoms with Crippen LogP contribution in [-0.4, -0.2) is 14.7 Å². The molecule has 0 aliphatic heterocycles. The highest BCUT2D eigenvalue weighted by molar-refractivity contribution is 7.81. The van der Waals surface area contributed by atoms with Gasteiger partial charge in [-0.3, -0.25) is 4.79 Å². The number of nitrogens with one attached hydrogen (secondary N) is 1. The van der Waals surface area contributed by atoms with E-state index < -0.39 is 11.1 Å². The van der Waals surface area contributed by atoms with E-state index in [1.165, 1.54) is 18.3 Å². The van der Waals surface area contributed by atoms with Crippen LogP contribution in [0.2, 0.25) is 0 Å². The molecule has 0 saturated heterocycles. The number of hydrogen-bond donors (Lipinski definition) is 2. The first-order chi connectivity index (χ1) is 6.09. The first kappa shape index (κ1) is 10.4. The van der Waals surface area contributed by atoms with Crippen molar-refractivity contribution in [2.45, 2.75) is 17.7 Å². The van der Waals surface area contributed by atoms with Gasteiger partial charge in [0.05, 0.1) is 6.54 Å². The van der Waals surface area contributed by atoms with E-state index in [1.807, 2.05) is 0 Å². The summed E-state index contributed by atoms with van der Waals surface area (Å²) in [6, 6.07) is 3.31. The van der Waals surface area contributed by atoms with Crippen LogP contribution in [0.4, 0.5) is 0 Å². The molecule has 0 radical (unpaired) electrons. The fourth-order valence-electron chi connectivity index (χ4n) is 0.759. The van der Waals surface area contributed by atoms with Crippen LogP contribution in [0.3, 0.4) is 0 Å². The van der Waals surface area contributed by atoms with Gasteiger partial charge in [-0.25, -0.2) is 4.21 Å². The average molecular weight is 219 g/mol. The van der Waals surface area contributed by atoms with Crippen LogP contribution in [-0.2, 0) is 22.4 Å². The van der Waals surface area contributed by atoms with Gasteiger partial charge < -0.3 is 9.87 Å². The highest BCUT2D eigenvalue weighted by Gasteiger charge is 2.04. The molecule has 13 heavy (non-hydrogen) atoms. The van der Waals surface area contributed by atoms with Crippen LogP contribution in [0.5, 0.6) is 0 Å². The molecule has 1 aromatic rings. The molecule has 1 unspecified atom stereocenters. The molecule has 0 aliphatic carbocycles. The van der Waals surface area contributed by atoms with Gasteiger partial charge in [0.15, 0.2) is 11.1 Å². The molecule has 0 spiro atoms. The Balaban J connectivity index is 2.59. The average Bonchev–Trinajstić information content (AvgIpc) is 2.48. The van der Waals surface area contributed by atoms with Crippen molar-refractivity contribution in [3.8, 4) is 0 Å². The maximum atomic E-state index is 10.6. The Morgan fingerprint density at radius 2 is 2.38 bits per heavy atom. The topological polar surface area (TPSA) is 66.4 Å². The third-order valence-electron chi connectivity index (χ3n) is 1.32. The third kappa shape index (κ3) is 3.25. The van der Waals surface area contributed by atoms with E-state index in [9.17, 15) is 9.00 Å². The summed E-state index contributed by atoms with van der Waals surface area (Å²) in [6.45, 7) is 1.84. The van der Waals surface area contributed by atoms with Crippen LogP contribution in [0.15, 0.2) is 16.3 Å². The van der Waals surface area contributed by atoms with E-state index in [-0.39, 0.29) is 5.91 Å². The van der Waals surface area contributed by atoms with Crippen LogP contribution in [0, 0.1) is 0 Å². The molecule has 1 amide bonds. The third-order valence-corrected chi connectivity index (χ3v) is 3.36. The van der Waals surface area contributed by atoms with Gasteiger partial charge in [0, 0.05) is 11.8 Å². The summed E-state index contributed by atoms with van der Waals surface area (Å²) >= 11 is -0.699. The molecule has 0 aromatic carbocycles. The number of amides is 1. The zero-order valence-corrected chi connectivity index (χ0v) is 8.58. The van der Waals surface area contributed by atoms with E-state index >= 15 is 0 Å². The Bertz CT molecular complexity index is 334. The van der Waals surface area contributed by atoms with Crippen molar-refractivity contribution >= 4 is 28.3 Å². The summed E-state index contributed by atoms with van der Waals surface area (Å²) in [5.41, 5.74) is 0. The second-order valence-electron chi connectivity index (χ2n) is 2.38. The van der Waals surface area contributed by atoms with Gasteiger partial charge in [0.2, 0.25) is 5.91 Å². The highest BCUT2D eigenvalue weighted by Crippen LogP contribution is 2.18. The van der Waals surface area contributed by atoms with Gasteiger partial charge in [-0.05, 0) is 12.1 Å². The predicted octanol–water partition coefficient (Wildman–Crippen LogP) is 0.965. The largest absolute Gasteiger partial charge is 0.351 e. The molecule has 0 fully saturated rings. The minimum atomic E-state index is -1.92. The van der Waals surface area contributed by atoms with Crippen LogP contribution in [0.25, 0.3) is 0 Å². The van der Waals surface area contributed by atoms with Gasteiger partial charge in [0.1, 0.15) is 4.21 Å². The molecule has 1 rings (SSSR count). The molecule has 6 heteroatoms. The van der Waals surface area contributed by atoms with Crippen molar-refractivity contribution in [2.24, 2.45) is 0 Å².